The molecule has 2 saturated heterocycles. The second-order valence-corrected chi connectivity index (χ2v) is 10.3. The fourth-order valence-corrected chi connectivity index (χ4v) is 5.65. The van der Waals surface area contributed by atoms with Gasteiger partial charge < -0.3 is 9.80 Å². The molecule has 3 fully saturated rings. The van der Waals surface area contributed by atoms with E-state index in [1.54, 1.807) is 9.80 Å². The molecule has 3 aliphatic rings. The Hall–Kier alpha value is -3.48. The Kier molecular flexibility index (Phi) is 5.74. The molecule has 0 N–H and O–H groups in total. The summed E-state index contributed by atoms with van der Waals surface area (Å²) < 4.78 is 0. The fraction of sp³-hybridized carbons (Fsp3) is 0.429. The number of nitrogens with zero attached hydrogens (tertiary/aromatic N) is 3. The van der Waals surface area contributed by atoms with Gasteiger partial charge in [0.15, 0.2) is 0 Å². The van der Waals surface area contributed by atoms with E-state index in [1.165, 1.54) is 4.90 Å². The highest BCUT2D eigenvalue weighted by molar-refractivity contribution is 6.11. The lowest BCUT2D eigenvalue weighted by Gasteiger charge is -2.36. The first-order chi connectivity index (χ1) is 16.7. The molecule has 5 rings (SSSR count). The van der Waals surface area contributed by atoms with Gasteiger partial charge in [-0.15, -0.1) is 0 Å². The molecule has 1 saturated carbocycles. The van der Waals surface area contributed by atoms with Crippen LogP contribution in [0.15, 0.2) is 42.5 Å². The summed E-state index contributed by atoms with van der Waals surface area (Å²) in [5.74, 6) is -0.884. The van der Waals surface area contributed by atoms with E-state index < -0.39 is 5.41 Å². The zero-order valence-electron chi connectivity index (χ0n) is 20.5. The van der Waals surface area contributed by atoms with Crippen LogP contribution in [-0.4, -0.2) is 59.1 Å². The van der Waals surface area contributed by atoms with Gasteiger partial charge >= 0.3 is 0 Å². The molecule has 182 valence electrons. The normalized spacial score (nSPS) is 22.8. The van der Waals surface area contributed by atoms with Gasteiger partial charge in [0.2, 0.25) is 23.6 Å². The van der Waals surface area contributed by atoms with Crippen molar-refractivity contribution in [2.24, 2.45) is 0 Å². The quantitative estimate of drug-likeness (QED) is 0.626. The van der Waals surface area contributed by atoms with E-state index in [2.05, 4.69) is 6.07 Å². The van der Waals surface area contributed by atoms with Crippen molar-refractivity contribution in [3.8, 4) is 0 Å². The smallest absolute Gasteiger partial charge is 0.246 e. The van der Waals surface area contributed by atoms with E-state index in [1.807, 2.05) is 57.2 Å². The van der Waals surface area contributed by atoms with Gasteiger partial charge in [0, 0.05) is 37.7 Å². The second-order valence-electron chi connectivity index (χ2n) is 10.3. The summed E-state index contributed by atoms with van der Waals surface area (Å²) in [4.78, 5) is 57.9. The molecule has 2 heterocycles. The molecule has 0 radical (unpaired) electrons. The third-order valence-corrected chi connectivity index (χ3v) is 7.47. The zero-order valence-corrected chi connectivity index (χ0v) is 20.5. The minimum atomic E-state index is -1.21. The maximum Gasteiger partial charge on any atom is 0.246 e. The second kappa shape index (κ2) is 8.63. The van der Waals surface area contributed by atoms with Gasteiger partial charge in [0.05, 0.1) is 5.41 Å². The highest BCUT2D eigenvalue weighted by Crippen LogP contribution is 2.45. The lowest BCUT2D eigenvalue weighted by atomic mass is 9.74. The maximum absolute atomic E-state index is 13.7. The predicted molar refractivity (Wildman–Crippen MR) is 132 cm³/mol. The van der Waals surface area contributed by atoms with Gasteiger partial charge in [0.25, 0.3) is 0 Å². The van der Waals surface area contributed by atoms with Crippen LogP contribution in [0.25, 0.3) is 0 Å². The number of carbonyl (C=O) groups is 4. The summed E-state index contributed by atoms with van der Waals surface area (Å²) in [7, 11) is 0. The van der Waals surface area contributed by atoms with Crippen molar-refractivity contribution in [1.82, 2.24) is 9.80 Å². The Morgan fingerprint density at radius 1 is 0.943 bits per heavy atom. The van der Waals surface area contributed by atoms with Crippen LogP contribution < -0.4 is 4.90 Å². The van der Waals surface area contributed by atoms with E-state index >= 15 is 0 Å². The standard InChI is InChI=1S/C28H31N3O4/c1-18-12-19(2)14-22(13-18)30-11-10-29(17-26(30)34)24(32)15-28(23-7-5-4-6-20(23)3)16-25(33)31(27(28)35)21-8-9-21/h4-7,12-14,21H,8-11,15-17H2,1-3H3/t28-/m1/s1. The third-order valence-electron chi connectivity index (χ3n) is 7.47. The van der Waals surface area contributed by atoms with E-state index in [9.17, 15) is 19.2 Å². The van der Waals surface area contributed by atoms with Crippen molar-refractivity contribution in [3.63, 3.8) is 0 Å². The van der Waals surface area contributed by atoms with Gasteiger partial charge in [-0.2, -0.15) is 0 Å². The number of hydrogen-bond donors (Lipinski definition) is 0. The highest BCUT2D eigenvalue weighted by atomic mass is 16.2. The van der Waals surface area contributed by atoms with E-state index in [4.69, 9.17) is 0 Å². The molecule has 7 nitrogen and oxygen atoms in total. The first kappa shape index (κ1) is 23.3. The van der Waals surface area contributed by atoms with Crippen molar-refractivity contribution in [1.29, 1.82) is 0 Å². The average Bonchev–Trinajstić information content (AvgIpc) is 3.59. The van der Waals surface area contributed by atoms with Crippen molar-refractivity contribution >= 4 is 29.3 Å². The number of imide groups is 1. The van der Waals surface area contributed by atoms with Crippen LogP contribution >= 0.6 is 0 Å². The van der Waals surface area contributed by atoms with Crippen LogP contribution in [0.3, 0.4) is 0 Å². The molecule has 2 aromatic rings. The number of rotatable bonds is 5. The van der Waals surface area contributed by atoms with Crippen LogP contribution in [0, 0.1) is 20.8 Å². The van der Waals surface area contributed by atoms with Crippen LogP contribution in [0.5, 0.6) is 0 Å². The molecular weight excluding hydrogens is 442 g/mol. The van der Waals surface area contributed by atoms with E-state index in [0.29, 0.717) is 13.1 Å². The first-order valence-electron chi connectivity index (χ1n) is 12.3. The minimum absolute atomic E-state index is 0.00456. The molecular formula is C28H31N3O4. The number of aryl methyl sites for hydroxylation is 3. The number of piperazine rings is 1. The van der Waals surface area contributed by atoms with Crippen LogP contribution in [0.4, 0.5) is 5.69 Å². The van der Waals surface area contributed by atoms with Crippen molar-refractivity contribution in [2.45, 2.75) is 57.9 Å². The molecule has 4 amide bonds. The molecule has 1 aliphatic carbocycles. The molecule has 7 heteroatoms. The number of likely N-dealkylation sites (tertiary alicyclic amines) is 1. The molecule has 0 unspecified atom stereocenters. The van der Waals surface area contributed by atoms with Gasteiger partial charge in [-0.3, -0.25) is 24.1 Å². The van der Waals surface area contributed by atoms with Crippen molar-refractivity contribution < 1.29 is 19.2 Å². The summed E-state index contributed by atoms with van der Waals surface area (Å²) in [6.45, 7) is 6.64. The van der Waals surface area contributed by atoms with Crippen LogP contribution in [0.2, 0.25) is 0 Å². The Morgan fingerprint density at radius 3 is 2.26 bits per heavy atom. The van der Waals surface area contributed by atoms with Gasteiger partial charge in [-0.25, -0.2) is 0 Å². The van der Waals surface area contributed by atoms with E-state index in [-0.39, 0.29) is 49.1 Å². The Balaban J connectivity index is 1.39. The predicted octanol–water partition coefficient (Wildman–Crippen LogP) is 3.04. The third kappa shape index (κ3) is 4.13. The largest absolute Gasteiger partial charge is 0.332 e. The Labute approximate surface area is 205 Å². The zero-order chi connectivity index (χ0) is 24.9. The van der Waals surface area contributed by atoms with Crippen molar-refractivity contribution in [3.05, 3.63) is 64.7 Å². The lowest BCUT2D eigenvalue weighted by molar-refractivity contribution is -0.144. The number of anilines is 1. The summed E-state index contributed by atoms with van der Waals surface area (Å²) in [5, 5.41) is 0. The Bertz CT molecular complexity index is 1210. The molecule has 2 aromatic carbocycles. The van der Waals surface area contributed by atoms with Gasteiger partial charge in [0.1, 0.15) is 6.54 Å². The molecule has 0 bridgehead atoms. The number of hydrogen-bond acceptors (Lipinski definition) is 4. The number of amides is 4. The first-order valence-corrected chi connectivity index (χ1v) is 12.3. The number of benzene rings is 2. The summed E-state index contributed by atoms with van der Waals surface area (Å²) in [6, 6.07) is 13.5. The van der Waals surface area contributed by atoms with Crippen molar-refractivity contribution in [2.75, 3.05) is 24.5 Å². The van der Waals surface area contributed by atoms with Crippen LogP contribution in [-0.2, 0) is 24.6 Å². The topological polar surface area (TPSA) is 78.0 Å². The van der Waals surface area contributed by atoms with E-state index in [0.717, 1.165) is 40.8 Å². The summed E-state index contributed by atoms with van der Waals surface area (Å²) in [5.41, 5.74) is 3.40. The molecule has 0 aromatic heterocycles. The number of carbonyl (C=O) groups excluding carboxylic acids is 4. The molecule has 2 aliphatic heterocycles. The Morgan fingerprint density at radius 2 is 1.63 bits per heavy atom. The lowest BCUT2D eigenvalue weighted by Crippen LogP contribution is -2.54. The molecule has 0 spiro atoms. The summed E-state index contributed by atoms with van der Waals surface area (Å²) in [6.07, 6.45) is 1.53. The highest BCUT2D eigenvalue weighted by Gasteiger charge is 2.57. The maximum atomic E-state index is 13.7. The van der Waals surface area contributed by atoms with Crippen LogP contribution in [0.1, 0.15) is 47.9 Å². The van der Waals surface area contributed by atoms with Gasteiger partial charge in [-0.1, -0.05) is 30.3 Å². The average molecular weight is 474 g/mol. The molecule has 35 heavy (non-hydrogen) atoms. The van der Waals surface area contributed by atoms with Gasteiger partial charge in [-0.05, 0) is 68.0 Å². The fourth-order valence-electron chi connectivity index (χ4n) is 5.65. The monoisotopic (exact) mass is 473 g/mol. The SMILES string of the molecule is Cc1cc(C)cc(N2CCN(C(=O)C[C@]3(c4ccccc4C)CC(=O)N(C4CC4)C3=O)CC2=O)c1. The summed E-state index contributed by atoms with van der Waals surface area (Å²) >= 11 is 0. The minimum Gasteiger partial charge on any atom is -0.332 e. The molecule has 1 atom stereocenters.